The molecule has 1 atom stereocenters. The van der Waals surface area contributed by atoms with Gasteiger partial charge in [-0.1, -0.05) is 18.2 Å². The van der Waals surface area contributed by atoms with E-state index in [2.05, 4.69) is 40.0 Å². The Morgan fingerprint density at radius 2 is 2.29 bits per heavy atom. The van der Waals surface area contributed by atoms with Gasteiger partial charge in [0.15, 0.2) is 0 Å². The molecule has 3 N–H and O–H groups in total. The van der Waals surface area contributed by atoms with Gasteiger partial charge < -0.3 is 20.4 Å². The van der Waals surface area contributed by atoms with Gasteiger partial charge in [0.25, 0.3) is 0 Å². The maximum absolute atomic E-state index is 11.9. The number of aromatic nitrogens is 1. The first kappa shape index (κ1) is 14.1. The van der Waals surface area contributed by atoms with Crippen molar-refractivity contribution in [3.63, 3.8) is 0 Å². The van der Waals surface area contributed by atoms with Crippen LogP contribution in [0.25, 0.3) is 10.9 Å². The van der Waals surface area contributed by atoms with Gasteiger partial charge in [0.1, 0.15) is 6.10 Å². The molecule has 1 unspecified atom stereocenters. The molecule has 1 fully saturated rings. The number of H-pyrrole nitrogens is 1. The number of hydrogen-bond acceptors (Lipinski definition) is 3. The van der Waals surface area contributed by atoms with Crippen molar-refractivity contribution >= 4 is 16.8 Å². The zero-order valence-electron chi connectivity index (χ0n) is 12.0. The predicted octanol–water partition coefficient (Wildman–Crippen LogP) is 1.21. The van der Waals surface area contributed by atoms with Crippen molar-refractivity contribution in [2.45, 2.75) is 18.9 Å². The fourth-order valence-electron chi connectivity index (χ4n) is 2.68. The second kappa shape index (κ2) is 6.74. The van der Waals surface area contributed by atoms with Crippen molar-refractivity contribution < 1.29 is 9.53 Å². The van der Waals surface area contributed by atoms with Crippen LogP contribution in [0.3, 0.4) is 0 Å². The normalized spacial score (nSPS) is 18.8. The molecule has 0 aliphatic carbocycles. The van der Waals surface area contributed by atoms with Crippen molar-refractivity contribution in [1.82, 2.24) is 15.6 Å². The Morgan fingerprint density at radius 1 is 1.38 bits per heavy atom. The Labute approximate surface area is 124 Å². The number of morpholine rings is 1. The van der Waals surface area contributed by atoms with Crippen molar-refractivity contribution in [2.24, 2.45) is 0 Å². The zero-order chi connectivity index (χ0) is 14.5. The summed E-state index contributed by atoms with van der Waals surface area (Å²) in [4.78, 5) is 15.2. The molecule has 1 aromatic heterocycles. The summed E-state index contributed by atoms with van der Waals surface area (Å²) < 4.78 is 5.42. The molecule has 1 saturated heterocycles. The maximum Gasteiger partial charge on any atom is 0.250 e. The minimum atomic E-state index is -0.341. The van der Waals surface area contributed by atoms with Crippen LogP contribution in [0, 0.1) is 0 Å². The molecule has 0 spiro atoms. The summed E-state index contributed by atoms with van der Waals surface area (Å²) >= 11 is 0. The third-order valence-electron chi connectivity index (χ3n) is 3.82. The van der Waals surface area contributed by atoms with Gasteiger partial charge in [0.05, 0.1) is 6.61 Å². The van der Waals surface area contributed by atoms with Crippen LogP contribution in [-0.2, 0) is 16.0 Å². The number of aromatic amines is 1. The molecule has 1 aliphatic heterocycles. The van der Waals surface area contributed by atoms with E-state index in [1.165, 1.54) is 16.5 Å². The summed E-state index contributed by atoms with van der Waals surface area (Å²) in [5.41, 5.74) is 2.47. The number of benzene rings is 1. The fourth-order valence-corrected chi connectivity index (χ4v) is 2.68. The molecule has 112 valence electrons. The monoisotopic (exact) mass is 287 g/mol. The highest BCUT2D eigenvalue weighted by atomic mass is 16.5. The third kappa shape index (κ3) is 3.43. The average molecular weight is 287 g/mol. The van der Waals surface area contributed by atoms with Crippen molar-refractivity contribution in [1.29, 1.82) is 0 Å². The first-order valence-electron chi connectivity index (χ1n) is 7.49. The summed E-state index contributed by atoms with van der Waals surface area (Å²) in [5, 5.41) is 7.37. The Kier molecular flexibility index (Phi) is 4.52. The van der Waals surface area contributed by atoms with Crippen LogP contribution >= 0.6 is 0 Å². The number of hydrogen-bond donors (Lipinski definition) is 3. The highest BCUT2D eigenvalue weighted by molar-refractivity contribution is 5.83. The molecule has 1 aromatic carbocycles. The van der Waals surface area contributed by atoms with Crippen molar-refractivity contribution in [3.05, 3.63) is 36.0 Å². The highest BCUT2D eigenvalue weighted by Gasteiger charge is 2.20. The predicted molar refractivity (Wildman–Crippen MR) is 82.2 cm³/mol. The SMILES string of the molecule is O=C(NCCCc1c[nH]c2ccccc12)C1CNCCO1. The summed E-state index contributed by atoms with van der Waals surface area (Å²) in [5.74, 6) is -0.0128. The number of carbonyl (C=O) groups is 1. The largest absolute Gasteiger partial charge is 0.366 e. The van der Waals surface area contributed by atoms with E-state index in [1.807, 2.05) is 6.07 Å². The number of amides is 1. The molecule has 1 amide bonds. The lowest BCUT2D eigenvalue weighted by Crippen LogP contribution is -2.48. The third-order valence-corrected chi connectivity index (χ3v) is 3.82. The lowest BCUT2D eigenvalue weighted by molar-refractivity contribution is -0.134. The number of carbonyl (C=O) groups excluding carboxylic acids is 1. The number of ether oxygens (including phenoxy) is 1. The van der Waals surface area contributed by atoms with Gasteiger partial charge in [-0.25, -0.2) is 0 Å². The molecule has 0 saturated carbocycles. The van der Waals surface area contributed by atoms with Gasteiger partial charge >= 0.3 is 0 Å². The molecule has 0 radical (unpaired) electrons. The number of fused-ring (bicyclic) bond motifs is 1. The molecule has 3 rings (SSSR count). The van der Waals surface area contributed by atoms with E-state index >= 15 is 0 Å². The summed E-state index contributed by atoms with van der Waals surface area (Å²) in [7, 11) is 0. The van der Waals surface area contributed by atoms with Crippen LogP contribution in [0.2, 0.25) is 0 Å². The lowest BCUT2D eigenvalue weighted by atomic mass is 10.1. The fraction of sp³-hybridized carbons (Fsp3) is 0.438. The van der Waals surface area contributed by atoms with Gasteiger partial charge in [-0.3, -0.25) is 4.79 Å². The topological polar surface area (TPSA) is 66.2 Å². The molecule has 0 bridgehead atoms. The van der Waals surface area contributed by atoms with Crippen LogP contribution in [-0.4, -0.2) is 43.2 Å². The van der Waals surface area contributed by atoms with E-state index in [4.69, 9.17) is 4.74 Å². The first-order valence-corrected chi connectivity index (χ1v) is 7.49. The average Bonchev–Trinajstić information content (AvgIpc) is 2.95. The smallest absolute Gasteiger partial charge is 0.250 e. The van der Waals surface area contributed by atoms with Crippen LogP contribution in [0.15, 0.2) is 30.5 Å². The second-order valence-corrected chi connectivity index (χ2v) is 5.32. The first-order chi connectivity index (χ1) is 10.3. The van der Waals surface area contributed by atoms with Crippen LogP contribution < -0.4 is 10.6 Å². The molecule has 21 heavy (non-hydrogen) atoms. The van der Waals surface area contributed by atoms with Crippen molar-refractivity contribution in [3.8, 4) is 0 Å². The maximum atomic E-state index is 11.9. The highest BCUT2D eigenvalue weighted by Crippen LogP contribution is 2.18. The number of aryl methyl sites for hydroxylation is 1. The van der Waals surface area contributed by atoms with E-state index < -0.39 is 0 Å². The summed E-state index contributed by atoms with van der Waals surface area (Å²) in [6.07, 6.45) is 3.59. The Morgan fingerprint density at radius 3 is 3.14 bits per heavy atom. The van der Waals surface area contributed by atoms with Crippen LogP contribution in [0.1, 0.15) is 12.0 Å². The van der Waals surface area contributed by atoms with Crippen LogP contribution in [0.5, 0.6) is 0 Å². The zero-order valence-corrected chi connectivity index (χ0v) is 12.0. The molecule has 2 aromatic rings. The molecule has 5 heteroatoms. The van der Waals surface area contributed by atoms with Gasteiger partial charge in [0.2, 0.25) is 5.91 Å². The van der Waals surface area contributed by atoms with E-state index in [0.717, 1.165) is 19.4 Å². The van der Waals surface area contributed by atoms with E-state index in [-0.39, 0.29) is 12.0 Å². The molecule has 2 heterocycles. The summed E-state index contributed by atoms with van der Waals surface area (Å²) in [6, 6.07) is 8.28. The molecule has 1 aliphatic rings. The molecular weight excluding hydrogens is 266 g/mol. The minimum absolute atomic E-state index is 0.0128. The van der Waals surface area contributed by atoms with Gasteiger partial charge in [-0.2, -0.15) is 0 Å². The number of nitrogens with one attached hydrogen (secondary N) is 3. The number of para-hydroxylation sites is 1. The van der Waals surface area contributed by atoms with Crippen LogP contribution in [0.4, 0.5) is 0 Å². The minimum Gasteiger partial charge on any atom is -0.366 e. The van der Waals surface area contributed by atoms with Gasteiger partial charge in [-0.15, -0.1) is 0 Å². The Bertz CT molecular complexity index is 602. The van der Waals surface area contributed by atoms with Gasteiger partial charge in [-0.05, 0) is 24.5 Å². The molecule has 5 nitrogen and oxygen atoms in total. The van der Waals surface area contributed by atoms with Gasteiger partial charge in [0, 0.05) is 36.7 Å². The van der Waals surface area contributed by atoms with Crippen molar-refractivity contribution in [2.75, 3.05) is 26.2 Å². The Balaban J connectivity index is 1.44. The second-order valence-electron chi connectivity index (χ2n) is 5.32. The Hall–Kier alpha value is -1.85. The summed E-state index contributed by atoms with van der Waals surface area (Å²) in [6.45, 7) is 2.71. The van der Waals surface area contributed by atoms with E-state index in [1.54, 1.807) is 0 Å². The molecular formula is C16H21N3O2. The lowest BCUT2D eigenvalue weighted by Gasteiger charge is -2.22. The van der Waals surface area contributed by atoms with E-state index in [0.29, 0.717) is 19.7 Å². The standard InChI is InChI=1S/C16H21N3O2/c20-16(15-11-17-8-9-21-15)18-7-3-4-12-10-19-14-6-2-1-5-13(12)14/h1-2,5-6,10,15,17,19H,3-4,7-9,11H2,(H,18,20). The van der Waals surface area contributed by atoms with E-state index in [9.17, 15) is 4.79 Å². The number of rotatable bonds is 5. The quantitative estimate of drug-likeness (QED) is 0.724.